The molecule has 0 heterocycles. The van der Waals surface area contributed by atoms with E-state index in [0.29, 0.717) is 31.7 Å². The minimum Gasteiger partial charge on any atom is -0.481 e. The fourth-order valence-corrected chi connectivity index (χ4v) is 4.61. The van der Waals surface area contributed by atoms with Crippen LogP contribution in [0.25, 0.3) is 0 Å². The molecule has 0 aliphatic rings. The van der Waals surface area contributed by atoms with Gasteiger partial charge >= 0.3 is 5.97 Å². The molecule has 12 heteroatoms. The Kier molecular flexibility index (Phi) is 10.1. The summed E-state index contributed by atoms with van der Waals surface area (Å²) in [6.07, 6.45) is 1.26. The number of thioether (sulfide) groups is 1. The molecule has 0 spiro atoms. The average Bonchev–Trinajstić information content (AvgIpc) is 2.75. The Labute approximate surface area is 197 Å². The van der Waals surface area contributed by atoms with Gasteiger partial charge in [-0.2, -0.15) is 0 Å². The first-order valence-electron chi connectivity index (χ1n) is 10.2. The molecule has 1 atom stereocenters. The monoisotopic (exact) mass is 496 g/mol. The van der Waals surface area contributed by atoms with Gasteiger partial charge in [0.25, 0.3) is 5.69 Å². The molecule has 0 saturated carbocycles. The fraction of sp³-hybridized carbons (Fsp3) is 0.381. The number of carbonyl (C=O) groups is 1. The van der Waals surface area contributed by atoms with Gasteiger partial charge in [0.15, 0.2) is 0 Å². The highest BCUT2D eigenvalue weighted by atomic mass is 32.2. The van der Waals surface area contributed by atoms with Gasteiger partial charge in [0.05, 0.1) is 9.82 Å². The maximum absolute atomic E-state index is 11.6. The first-order chi connectivity index (χ1) is 15.6. The zero-order valence-electron chi connectivity index (χ0n) is 18.2. The lowest BCUT2D eigenvalue weighted by atomic mass is 10.2. The summed E-state index contributed by atoms with van der Waals surface area (Å²) >= 11 is 1.60. The van der Waals surface area contributed by atoms with Crippen LogP contribution in [0.2, 0.25) is 0 Å². The summed E-state index contributed by atoms with van der Waals surface area (Å²) in [5, 5.41) is 28.7. The number of carboxylic acids is 1. The van der Waals surface area contributed by atoms with Crippen molar-refractivity contribution in [1.82, 2.24) is 4.90 Å². The van der Waals surface area contributed by atoms with Gasteiger partial charge in [-0.05, 0) is 57.2 Å². The second kappa shape index (κ2) is 12.5. The lowest BCUT2D eigenvalue weighted by Crippen LogP contribution is -2.30. The second-order valence-corrected chi connectivity index (χ2v) is 10.2. The number of aliphatic carboxylic acids is 1. The number of nitrogens with zero attached hydrogens (tertiary/aromatic N) is 2. The number of benzene rings is 2. The summed E-state index contributed by atoms with van der Waals surface area (Å²) in [6, 6.07) is 13.1. The zero-order chi connectivity index (χ0) is 24.4. The topological polar surface area (TPSA) is 156 Å². The van der Waals surface area contributed by atoms with Crippen molar-refractivity contribution in [1.29, 1.82) is 0 Å². The predicted octanol–water partition coefficient (Wildman–Crippen LogP) is 3.00. The summed E-state index contributed by atoms with van der Waals surface area (Å²) < 4.78 is 23.2. The molecule has 0 amide bonds. The second-order valence-electron chi connectivity index (χ2n) is 7.54. The van der Waals surface area contributed by atoms with Crippen LogP contribution in [0.3, 0.4) is 0 Å². The first-order valence-corrected chi connectivity index (χ1v) is 12.8. The number of carboxylic acid groups (broad SMARTS) is 1. The number of rotatable bonds is 14. The van der Waals surface area contributed by atoms with Crippen LogP contribution >= 0.6 is 11.8 Å². The van der Waals surface area contributed by atoms with E-state index in [4.69, 9.17) is 10.2 Å². The number of anilines is 1. The maximum Gasteiger partial charge on any atom is 0.303 e. The molecule has 2 aromatic rings. The van der Waals surface area contributed by atoms with Crippen LogP contribution in [-0.4, -0.2) is 61.2 Å². The van der Waals surface area contributed by atoms with E-state index in [9.17, 15) is 23.3 Å². The third-order valence-corrected chi connectivity index (χ3v) is 6.92. The molecule has 4 N–H and O–H groups in total. The highest BCUT2D eigenvalue weighted by Crippen LogP contribution is 2.29. The Balaban J connectivity index is 2.15. The smallest absolute Gasteiger partial charge is 0.303 e. The number of sulfonamides is 1. The Bertz CT molecular complexity index is 1050. The fourth-order valence-electron chi connectivity index (χ4n) is 3.08. The molecule has 0 aromatic heterocycles. The van der Waals surface area contributed by atoms with Crippen LogP contribution in [0.5, 0.6) is 0 Å². The third kappa shape index (κ3) is 9.38. The lowest BCUT2D eigenvalue weighted by Gasteiger charge is -2.23. The molecule has 0 fully saturated rings. The Hall–Kier alpha value is -2.67. The average molecular weight is 497 g/mol. The molecule has 2 rings (SSSR count). The van der Waals surface area contributed by atoms with Crippen LogP contribution < -0.4 is 10.5 Å². The third-order valence-electron chi connectivity index (χ3n) is 4.84. The number of nitro benzene ring substituents is 1. The molecule has 10 nitrogen and oxygen atoms in total. The van der Waals surface area contributed by atoms with Crippen molar-refractivity contribution in [3.05, 3.63) is 58.6 Å². The Morgan fingerprint density at radius 2 is 1.94 bits per heavy atom. The summed E-state index contributed by atoms with van der Waals surface area (Å²) in [5.41, 5.74) is -0.161. The number of nitrogens with two attached hydrogens (primary N) is 1. The van der Waals surface area contributed by atoms with Crippen molar-refractivity contribution in [2.45, 2.75) is 35.1 Å². The quantitative estimate of drug-likeness (QED) is 0.203. The van der Waals surface area contributed by atoms with E-state index in [2.05, 4.69) is 5.32 Å². The first kappa shape index (κ1) is 26.6. The summed E-state index contributed by atoms with van der Waals surface area (Å²) in [6.45, 7) is 1.27. The van der Waals surface area contributed by atoms with Crippen LogP contribution in [-0.2, 0) is 14.8 Å². The molecule has 0 aliphatic heterocycles. The van der Waals surface area contributed by atoms with Gasteiger partial charge in [0, 0.05) is 29.2 Å². The van der Waals surface area contributed by atoms with Crippen LogP contribution in [0, 0.1) is 10.1 Å². The molecule has 1 unspecified atom stereocenters. The van der Waals surface area contributed by atoms with Gasteiger partial charge in [0.1, 0.15) is 5.69 Å². The Morgan fingerprint density at radius 3 is 2.55 bits per heavy atom. The Morgan fingerprint density at radius 1 is 1.24 bits per heavy atom. The van der Waals surface area contributed by atoms with Gasteiger partial charge in [-0.25, -0.2) is 13.6 Å². The van der Waals surface area contributed by atoms with Crippen molar-refractivity contribution in [2.75, 3.05) is 31.2 Å². The molecule has 0 saturated heterocycles. The zero-order valence-corrected chi connectivity index (χ0v) is 19.8. The molecule has 0 aliphatic carbocycles. The van der Waals surface area contributed by atoms with Crippen molar-refractivity contribution < 1.29 is 23.2 Å². The molecule has 0 radical (unpaired) electrons. The number of nitrogens with one attached hydrogen (secondary N) is 1. The maximum atomic E-state index is 11.6. The van der Waals surface area contributed by atoms with Gasteiger partial charge < -0.3 is 15.3 Å². The van der Waals surface area contributed by atoms with Crippen molar-refractivity contribution in [2.24, 2.45) is 5.14 Å². The summed E-state index contributed by atoms with van der Waals surface area (Å²) in [7, 11) is -2.18. The number of hydrogen-bond donors (Lipinski definition) is 3. The van der Waals surface area contributed by atoms with Crippen LogP contribution in [0.1, 0.15) is 19.3 Å². The molecule has 180 valence electrons. The van der Waals surface area contributed by atoms with Crippen LogP contribution in [0.4, 0.5) is 11.4 Å². The van der Waals surface area contributed by atoms with Gasteiger partial charge in [-0.15, -0.1) is 11.8 Å². The van der Waals surface area contributed by atoms with E-state index in [1.807, 2.05) is 42.3 Å². The number of nitro groups is 1. The highest BCUT2D eigenvalue weighted by molar-refractivity contribution is 7.99. The molecule has 33 heavy (non-hydrogen) atoms. The van der Waals surface area contributed by atoms with Gasteiger partial charge in [-0.3, -0.25) is 14.9 Å². The van der Waals surface area contributed by atoms with E-state index < -0.39 is 20.9 Å². The van der Waals surface area contributed by atoms with Crippen molar-refractivity contribution in [3.8, 4) is 0 Å². The molecular formula is C21H28N4O6S2. The molecular weight excluding hydrogens is 468 g/mol. The van der Waals surface area contributed by atoms with E-state index in [1.165, 1.54) is 12.1 Å². The predicted molar refractivity (Wildman–Crippen MR) is 128 cm³/mol. The van der Waals surface area contributed by atoms with Crippen molar-refractivity contribution >= 4 is 39.1 Å². The van der Waals surface area contributed by atoms with E-state index >= 15 is 0 Å². The number of hydrogen-bond acceptors (Lipinski definition) is 8. The summed E-state index contributed by atoms with van der Waals surface area (Å²) in [4.78, 5) is 24.4. The molecule has 0 bridgehead atoms. The van der Waals surface area contributed by atoms with Crippen LogP contribution in [0.15, 0.2) is 58.3 Å². The minimum atomic E-state index is -4.07. The van der Waals surface area contributed by atoms with Crippen molar-refractivity contribution in [3.63, 3.8) is 0 Å². The van der Waals surface area contributed by atoms with E-state index in [1.54, 1.807) is 11.8 Å². The van der Waals surface area contributed by atoms with E-state index in [0.717, 1.165) is 11.0 Å². The summed E-state index contributed by atoms with van der Waals surface area (Å²) in [5.74, 6) is -0.224. The SMILES string of the molecule is CN(CCCC(=O)O)CCC(CSc1ccccc1)Nc1ccc(S(N)(=O)=O)cc1[N+](=O)[O-]. The minimum absolute atomic E-state index is 0.0957. The lowest BCUT2D eigenvalue weighted by molar-refractivity contribution is -0.384. The highest BCUT2D eigenvalue weighted by Gasteiger charge is 2.21. The van der Waals surface area contributed by atoms with Gasteiger partial charge in [0.2, 0.25) is 10.0 Å². The largest absolute Gasteiger partial charge is 0.481 e. The standard InChI is InChI=1S/C21H28N4O6S2/c1-24(12-5-8-21(26)27)13-11-16(15-32-17-6-3-2-4-7-17)23-19-10-9-18(33(22,30)31)14-20(19)25(28)29/h2-4,6-7,9-10,14,16,23H,5,8,11-13,15H2,1H3,(H,26,27)(H2,22,30,31). The number of primary sulfonamides is 1. The normalized spacial score (nSPS) is 12.5. The molecule has 2 aromatic carbocycles. The van der Waals surface area contributed by atoms with E-state index in [-0.39, 0.29) is 28.7 Å². The van der Waals surface area contributed by atoms with Gasteiger partial charge in [-0.1, -0.05) is 18.2 Å².